The van der Waals surface area contributed by atoms with Gasteiger partial charge in [-0.2, -0.15) is 5.10 Å². The van der Waals surface area contributed by atoms with Gasteiger partial charge in [0.1, 0.15) is 6.10 Å². The summed E-state index contributed by atoms with van der Waals surface area (Å²) in [6.45, 7) is 5.37. The van der Waals surface area contributed by atoms with Crippen LogP contribution in [0.1, 0.15) is 64.2 Å². The van der Waals surface area contributed by atoms with Crippen LogP contribution in [0.3, 0.4) is 0 Å². The maximum absolute atomic E-state index is 11.3. The summed E-state index contributed by atoms with van der Waals surface area (Å²) < 4.78 is 2.94. The Hall–Kier alpha value is -0.350. The Balaban J connectivity index is 1.73. The number of aromatic nitrogens is 2. The van der Waals surface area contributed by atoms with Crippen LogP contribution in [-0.2, 0) is 6.54 Å². The largest absolute Gasteiger partial charge is 0.386 e. The molecule has 0 saturated heterocycles. The second-order valence-electron chi connectivity index (χ2n) is 8.23. The molecule has 4 bridgehead atoms. The number of rotatable bonds is 3. The highest BCUT2D eigenvalue weighted by molar-refractivity contribution is 9.10. The fraction of sp³-hybridized carbons (Fsp3) is 0.824. The molecule has 4 fully saturated rings. The molecule has 1 aromatic rings. The van der Waals surface area contributed by atoms with Gasteiger partial charge in [0.15, 0.2) is 0 Å². The van der Waals surface area contributed by atoms with E-state index >= 15 is 0 Å². The first-order chi connectivity index (χ1) is 9.95. The average Bonchev–Trinajstić information content (AvgIpc) is 2.76. The summed E-state index contributed by atoms with van der Waals surface area (Å²) in [5.41, 5.74) is 1.56. The summed E-state index contributed by atoms with van der Waals surface area (Å²) in [5.74, 6) is 1.67. The van der Waals surface area contributed by atoms with Crippen molar-refractivity contribution < 1.29 is 5.11 Å². The van der Waals surface area contributed by atoms with Crippen molar-refractivity contribution in [2.75, 3.05) is 0 Å². The van der Waals surface area contributed by atoms with Gasteiger partial charge in [0, 0.05) is 12.0 Å². The van der Waals surface area contributed by atoms with Crippen molar-refractivity contribution in [3.63, 3.8) is 0 Å². The van der Waals surface area contributed by atoms with Gasteiger partial charge in [-0.3, -0.25) is 4.68 Å². The molecule has 1 aromatic heterocycles. The first kappa shape index (κ1) is 14.3. The molecule has 0 aliphatic heterocycles. The summed E-state index contributed by atoms with van der Waals surface area (Å²) in [7, 11) is 0. The van der Waals surface area contributed by atoms with Crippen LogP contribution in [0.4, 0.5) is 0 Å². The van der Waals surface area contributed by atoms with E-state index in [0.29, 0.717) is 5.41 Å². The summed E-state index contributed by atoms with van der Waals surface area (Å²) in [6.07, 6.45) is 9.24. The third-order valence-corrected chi connectivity index (χ3v) is 6.98. The molecule has 5 rings (SSSR count). The number of aryl methyl sites for hydroxylation is 1. The minimum atomic E-state index is -0.375. The van der Waals surface area contributed by atoms with Gasteiger partial charge < -0.3 is 5.11 Å². The fourth-order valence-electron chi connectivity index (χ4n) is 6.30. The highest BCUT2D eigenvalue weighted by Crippen LogP contribution is 2.68. The van der Waals surface area contributed by atoms with Crippen LogP contribution in [0.25, 0.3) is 0 Å². The zero-order valence-corrected chi connectivity index (χ0v) is 14.6. The predicted octanol–water partition coefficient (Wildman–Crippen LogP) is 4.31. The van der Waals surface area contributed by atoms with Crippen LogP contribution >= 0.6 is 15.9 Å². The molecule has 0 spiro atoms. The van der Waals surface area contributed by atoms with Crippen molar-refractivity contribution in [1.82, 2.24) is 9.78 Å². The molecule has 1 N–H and O–H groups in total. The molecule has 1 heterocycles. The van der Waals surface area contributed by atoms with Gasteiger partial charge in [-0.1, -0.05) is 6.92 Å². The van der Waals surface area contributed by atoms with Gasteiger partial charge in [0.05, 0.1) is 16.4 Å². The van der Waals surface area contributed by atoms with E-state index < -0.39 is 0 Å². The number of aliphatic hydroxyl groups is 1. The average molecular weight is 353 g/mol. The van der Waals surface area contributed by atoms with Gasteiger partial charge in [-0.25, -0.2) is 0 Å². The molecule has 116 valence electrons. The minimum absolute atomic E-state index is 0.0916. The van der Waals surface area contributed by atoms with Crippen molar-refractivity contribution in [2.24, 2.45) is 22.7 Å². The molecule has 4 heteroatoms. The Morgan fingerprint density at radius 2 is 2.05 bits per heavy atom. The lowest BCUT2D eigenvalue weighted by Crippen LogP contribution is -2.53. The van der Waals surface area contributed by atoms with Crippen molar-refractivity contribution >= 4 is 15.9 Å². The van der Waals surface area contributed by atoms with E-state index in [-0.39, 0.29) is 11.5 Å². The van der Waals surface area contributed by atoms with Crippen LogP contribution in [0.5, 0.6) is 0 Å². The predicted molar refractivity (Wildman–Crippen MR) is 85.8 cm³/mol. The monoisotopic (exact) mass is 352 g/mol. The lowest BCUT2D eigenvalue weighted by atomic mass is 9.43. The lowest BCUT2D eigenvalue weighted by molar-refractivity contribution is -0.157. The standard InChI is InChI=1S/C17H25BrN2O/c1-3-20-14(13(18)9-19-20)15(21)17-7-11-4-12(8-17)6-16(2,5-11)10-17/h9,11-12,15,21H,3-8,10H2,1-2H3. The highest BCUT2D eigenvalue weighted by Gasteiger charge is 2.59. The highest BCUT2D eigenvalue weighted by atomic mass is 79.9. The fourth-order valence-corrected chi connectivity index (χ4v) is 6.82. The summed E-state index contributed by atoms with van der Waals surface area (Å²) in [4.78, 5) is 0. The van der Waals surface area contributed by atoms with Crippen molar-refractivity contribution in [3.05, 3.63) is 16.4 Å². The van der Waals surface area contributed by atoms with Gasteiger partial charge in [-0.15, -0.1) is 0 Å². The van der Waals surface area contributed by atoms with Crippen LogP contribution in [0.2, 0.25) is 0 Å². The van der Waals surface area contributed by atoms with Crippen LogP contribution in [0, 0.1) is 22.7 Å². The Labute approximate surface area is 135 Å². The van der Waals surface area contributed by atoms with E-state index in [1.54, 1.807) is 0 Å². The topological polar surface area (TPSA) is 38.0 Å². The number of aliphatic hydroxyl groups excluding tert-OH is 1. The molecule has 0 radical (unpaired) electrons. The van der Waals surface area contributed by atoms with E-state index in [1.165, 1.54) is 38.5 Å². The molecule has 3 unspecified atom stereocenters. The Morgan fingerprint density at radius 3 is 2.62 bits per heavy atom. The van der Waals surface area contributed by atoms with Gasteiger partial charge in [0.25, 0.3) is 0 Å². The van der Waals surface area contributed by atoms with Crippen molar-refractivity contribution in [1.29, 1.82) is 0 Å². The first-order valence-electron chi connectivity index (χ1n) is 8.34. The molecule has 4 aliphatic rings. The maximum atomic E-state index is 11.3. The van der Waals surface area contributed by atoms with Gasteiger partial charge >= 0.3 is 0 Å². The smallest absolute Gasteiger partial charge is 0.102 e. The third kappa shape index (κ3) is 2.05. The summed E-state index contributed by atoms with van der Waals surface area (Å²) >= 11 is 3.61. The number of halogens is 1. The van der Waals surface area contributed by atoms with Crippen molar-refractivity contribution in [2.45, 2.75) is 65.0 Å². The quantitative estimate of drug-likeness (QED) is 0.880. The zero-order valence-electron chi connectivity index (χ0n) is 13.0. The third-order valence-electron chi connectivity index (χ3n) is 6.37. The first-order valence-corrected chi connectivity index (χ1v) is 9.13. The molecule has 4 aliphatic carbocycles. The molecule has 3 nitrogen and oxygen atoms in total. The Bertz CT molecular complexity index is 553. The molecule has 3 atom stereocenters. The van der Waals surface area contributed by atoms with Crippen LogP contribution < -0.4 is 0 Å². The van der Waals surface area contributed by atoms with Crippen molar-refractivity contribution in [3.8, 4) is 0 Å². The summed E-state index contributed by atoms with van der Waals surface area (Å²) in [5, 5.41) is 15.7. The second-order valence-corrected chi connectivity index (χ2v) is 9.08. The Morgan fingerprint density at radius 1 is 1.38 bits per heavy atom. The number of hydrogen-bond acceptors (Lipinski definition) is 2. The summed E-state index contributed by atoms with van der Waals surface area (Å²) in [6, 6.07) is 0. The number of nitrogens with zero attached hydrogens (tertiary/aromatic N) is 2. The van der Waals surface area contributed by atoms with Crippen LogP contribution in [-0.4, -0.2) is 14.9 Å². The molecule has 0 aromatic carbocycles. The van der Waals surface area contributed by atoms with Gasteiger partial charge in [0.2, 0.25) is 0 Å². The van der Waals surface area contributed by atoms with E-state index in [1.807, 2.05) is 10.9 Å². The van der Waals surface area contributed by atoms with E-state index in [2.05, 4.69) is 34.9 Å². The molecular formula is C17H25BrN2O. The normalized spacial score (nSPS) is 42.5. The molecule has 21 heavy (non-hydrogen) atoms. The minimum Gasteiger partial charge on any atom is -0.386 e. The van der Waals surface area contributed by atoms with Gasteiger partial charge in [-0.05, 0) is 78.6 Å². The lowest BCUT2D eigenvalue weighted by Gasteiger charge is -2.62. The van der Waals surface area contributed by atoms with Crippen LogP contribution in [0.15, 0.2) is 10.7 Å². The molecular weight excluding hydrogens is 328 g/mol. The van der Waals surface area contributed by atoms with E-state index in [0.717, 1.165) is 28.5 Å². The Kier molecular flexibility index (Phi) is 3.11. The van der Waals surface area contributed by atoms with E-state index in [4.69, 9.17) is 0 Å². The molecule has 0 amide bonds. The molecule has 4 saturated carbocycles. The number of hydrogen-bond donors (Lipinski definition) is 1. The van der Waals surface area contributed by atoms with E-state index in [9.17, 15) is 5.11 Å². The zero-order chi connectivity index (χ0) is 14.8. The second kappa shape index (κ2) is 4.58. The SMILES string of the molecule is CCn1ncc(Br)c1C(O)C12CC3CC(CC(C)(C3)C1)C2. The maximum Gasteiger partial charge on any atom is 0.102 e.